The van der Waals surface area contributed by atoms with Gasteiger partial charge in [-0.1, -0.05) is 121 Å². The normalized spacial score (nSPS) is 12.6. The number of aromatic nitrogens is 10. The Kier molecular flexibility index (Phi) is 27.6. The van der Waals surface area contributed by atoms with Gasteiger partial charge in [0.25, 0.3) is 23.6 Å². The smallest absolute Gasteiger partial charge is 0.253 e. The maximum absolute atomic E-state index is 13.8. The minimum Gasteiger partial charge on any atom is -0.376 e. The number of amides is 4. The van der Waals surface area contributed by atoms with Crippen LogP contribution in [0, 0.1) is 11.6 Å². The van der Waals surface area contributed by atoms with E-state index in [1.165, 1.54) is 6.42 Å². The Labute approximate surface area is 663 Å². The van der Waals surface area contributed by atoms with Gasteiger partial charge < -0.3 is 51.8 Å². The van der Waals surface area contributed by atoms with Gasteiger partial charge in [-0.2, -0.15) is 0 Å². The first kappa shape index (κ1) is 78.5. The van der Waals surface area contributed by atoms with E-state index in [0.717, 1.165) is 137 Å². The topological polar surface area (TPSA) is 297 Å². The maximum atomic E-state index is 13.8. The van der Waals surface area contributed by atoms with Crippen molar-refractivity contribution in [3.05, 3.63) is 343 Å². The Morgan fingerprint density at radius 3 is 1.29 bits per heavy atom. The van der Waals surface area contributed by atoms with E-state index in [-0.39, 0.29) is 35.9 Å². The Morgan fingerprint density at radius 1 is 0.426 bits per heavy atom. The van der Waals surface area contributed by atoms with Crippen LogP contribution in [-0.4, -0.2) is 117 Å². The molecule has 0 radical (unpaired) electrons. The largest absolute Gasteiger partial charge is 0.376 e. The van der Waals surface area contributed by atoms with E-state index in [2.05, 4.69) is 87.1 Å². The van der Waals surface area contributed by atoms with Crippen molar-refractivity contribution in [2.24, 2.45) is 0 Å². The van der Waals surface area contributed by atoms with Gasteiger partial charge in [-0.15, -0.1) is 0 Å². The molecule has 2 aliphatic rings. The molecular weight excluding hydrogens is 1450 g/mol. The fraction of sp³-hybridized carbons (Fsp3) is 0.144. The van der Waals surface area contributed by atoms with Gasteiger partial charge in [0.15, 0.2) is 0 Å². The van der Waals surface area contributed by atoms with Crippen LogP contribution in [0.1, 0.15) is 84.8 Å². The third kappa shape index (κ3) is 23.5. The molecule has 1 atom stereocenters. The Bertz CT molecular complexity index is 5500. The van der Waals surface area contributed by atoms with Crippen molar-refractivity contribution in [3.63, 3.8) is 0 Å². The number of nitrogens with zero attached hydrogens (tertiary/aromatic N) is 10. The Hall–Kier alpha value is -14.6. The molecular formula is C90H82F2N18O5. The third-order valence-electron chi connectivity index (χ3n) is 18.3. The maximum Gasteiger partial charge on any atom is 0.253 e. The van der Waals surface area contributed by atoms with Crippen molar-refractivity contribution in [2.45, 2.75) is 51.2 Å². The number of imidazole rings is 1. The van der Waals surface area contributed by atoms with Crippen molar-refractivity contribution in [3.8, 4) is 45.0 Å². The lowest BCUT2D eigenvalue weighted by Gasteiger charge is -2.26. The third-order valence-corrected chi connectivity index (χ3v) is 18.3. The Morgan fingerprint density at radius 2 is 0.861 bits per heavy atom. The first-order valence-electron chi connectivity index (χ1n) is 37.6. The van der Waals surface area contributed by atoms with Crippen LogP contribution in [0.3, 0.4) is 0 Å². The molecule has 7 heterocycles. The van der Waals surface area contributed by atoms with Crippen molar-refractivity contribution in [2.75, 3.05) is 54.1 Å². The molecule has 0 bridgehead atoms. The van der Waals surface area contributed by atoms with Gasteiger partial charge in [-0.25, -0.2) is 53.6 Å². The van der Waals surface area contributed by atoms with Crippen LogP contribution in [0.5, 0.6) is 0 Å². The molecule has 9 aromatic carbocycles. The number of benzene rings is 9. The molecule has 16 rings (SSSR count). The fourth-order valence-corrected chi connectivity index (χ4v) is 12.3. The molecule has 4 amide bonds. The molecule has 25 heteroatoms. The average molecular weight is 1530 g/mol. The van der Waals surface area contributed by atoms with E-state index in [9.17, 15) is 28.0 Å². The molecule has 0 saturated carbocycles. The monoisotopic (exact) mass is 1530 g/mol. The van der Waals surface area contributed by atoms with Crippen LogP contribution in [0.2, 0.25) is 0 Å². The van der Waals surface area contributed by atoms with Gasteiger partial charge in [0.2, 0.25) is 23.8 Å². The minimum atomic E-state index is -0.574. The van der Waals surface area contributed by atoms with Gasteiger partial charge in [-0.05, 0) is 172 Å². The number of anilines is 8. The molecule has 576 valence electrons. The number of hydrogen-bond donors (Lipinski definition) is 8. The van der Waals surface area contributed by atoms with Gasteiger partial charge in [0.05, 0.1) is 35.2 Å². The summed E-state index contributed by atoms with van der Waals surface area (Å²) in [6, 6.07) is 78.7. The van der Waals surface area contributed by atoms with Crippen LogP contribution in [0.25, 0.3) is 45.0 Å². The summed E-state index contributed by atoms with van der Waals surface area (Å²) in [4.78, 5) is 94.3. The molecule has 0 aliphatic carbocycles. The van der Waals surface area contributed by atoms with Crippen molar-refractivity contribution in [1.29, 1.82) is 0 Å². The molecule has 115 heavy (non-hydrogen) atoms. The number of ether oxygens (including phenoxy) is 1. The second-order valence-electron chi connectivity index (χ2n) is 26.5. The number of para-hydroxylation sites is 4. The molecule has 2 saturated heterocycles. The van der Waals surface area contributed by atoms with Gasteiger partial charge in [0, 0.05) is 155 Å². The summed E-state index contributed by atoms with van der Waals surface area (Å²) >= 11 is 0. The van der Waals surface area contributed by atoms with E-state index in [1.54, 1.807) is 73.7 Å². The first-order chi connectivity index (χ1) is 56.4. The molecule has 14 aromatic rings. The van der Waals surface area contributed by atoms with Crippen molar-refractivity contribution >= 4 is 70.2 Å². The highest BCUT2D eigenvalue weighted by Gasteiger charge is 2.21. The van der Waals surface area contributed by atoms with Crippen LogP contribution in [0.15, 0.2) is 298 Å². The van der Waals surface area contributed by atoms with Crippen LogP contribution < -0.4 is 37.2 Å². The molecule has 5 aromatic heterocycles. The summed E-state index contributed by atoms with van der Waals surface area (Å²) < 4.78 is 32.6. The molecule has 23 nitrogen and oxygen atoms in total. The molecule has 1 unspecified atom stereocenters. The Balaban J connectivity index is 0.000000134. The summed E-state index contributed by atoms with van der Waals surface area (Å²) in [7, 11) is 0. The lowest BCUT2D eigenvalue weighted by molar-refractivity contribution is 0.0723. The summed E-state index contributed by atoms with van der Waals surface area (Å²) in [6.45, 7) is 3.46. The average Bonchev–Trinajstić information content (AvgIpc) is 1.02. The van der Waals surface area contributed by atoms with Crippen molar-refractivity contribution < 1.29 is 32.7 Å². The number of H-pyrrole nitrogens is 1. The van der Waals surface area contributed by atoms with Crippen LogP contribution in [0.4, 0.5) is 55.3 Å². The highest BCUT2D eigenvalue weighted by molar-refractivity contribution is 5.97. The number of carbonyl (C=O) groups is 4. The van der Waals surface area contributed by atoms with E-state index in [1.807, 2.05) is 211 Å². The van der Waals surface area contributed by atoms with E-state index in [0.29, 0.717) is 65.7 Å². The highest BCUT2D eigenvalue weighted by atomic mass is 19.1. The zero-order valence-corrected chi connectivity index (χ0v) is 62.6. The number of aromatic amines is 1. The number of carbonyl (C=O) groups excluding carboxylic acids is 4. The lowest BCUT2D eigenvalue weighted by atomic mass is 10.1. The van der Waals surface area contributed by atoms with Crippen LogP contribution >= 0.6 is 0 Å². The quantitative estimate of drug-likeness (QED) is 0.0295. The number of piperidine rings is 1. The second kappa shape index (κ2) is 40.4. The van der Waals surface area contributed by atoms with E-state index in [4.69, 9.17) is 4.74 Å². The predicted octanol–water partition coefficient (Wildman–Crippen LogP) is 17.0. The predicted molar refractivity (Wildman–Crippen MR) is 442 cm³/mol. The molecule has 0 spiro atoms. The summed E-state index contributed by atoms with van der Waals surface area (Å²) in [5.74, 6) is 0.355. The van der Waals surface area contributed by atoms with Gasteiger partial charge in [0.1, 0.15) is 11.6 Å². The summed E-state index contributed by atoms with van der Waals surface area (Å²) in [6.07, 6.45) is 16.5. The zero-order chi connectivity index (χ0) is 79.2. The summed E-state index contributed by atoms with van der Waals surface area (Å²) in [5, 5.41) is 21.2. The minimum absolute atomic E-state index is 0.0805. The number of hydrogen-bond acceptors (Lipinski definition) is 18. The van der Waals surface area contributed by atoms with Crippen LogP contribution in [-0.2, 0) is 17.7 Å². The molecule has 2 fully saturated rings. The standard InChI is InChI=1S/C24H18F2N4O.C22H20N6O.C22H22N4O2.C22H22N4O/c25-19-9-10-21(26)18(14-19)15-28-23(31)17-6-4-5-16(13-17)22-11-12-27-24(30-22)29-20-7-2-1-3-8-20;29-21(24-11-9-19-14-23-15-26-19)17-6-4-5-16(13-17)20-10-12-25-22(28-20)27-18-7-2-1-3-8-18;27-21(24-15-19-10-5-13-28-19)17-7-4-6-16(14-17)20-11-12-23-22(26-20)25-18-8-2-1-3-9-18;27-21(26-15-5-2-6-16-26)18-11-9-17(10-12-18)20-13-14-23-22(25-20)24-19-7-3-1-4-8-19/h1-14H,15H2,(H,28,31)(H,27,29,30);1-8,10,12-15H,9,11H2,(H,23,26)(H,24,29)(H,25,27,28);1-4,6-9,11-12,14,19H,5,10,13,15H2,(H,24,27)(H,23,25,26);1,3-4,7-14H,2,5-6,15-16H2,(H,23,24,25). The summed E-state index contributed by atoms with van der Waals surface area (Å²) in [5.41, 5.74) is 13.4. The highest BCUT2D eigenvalue weighted by Crippen LogP contribution is 2.27. The second-order valence-corrected chi connectivity index (χ2v) is 26.5. The fourth-order valence-electron chi connectivity index (χ4n) is 12.3. The number of halogens is 2. The van der Waals surface area contributed by atoms with Gasteiger partial charge in [-0.3, -0.25) is 19.2 Å². The SMILES string of the molecule is O=C(NCC1CCCO1)c1cccc(-c2ccnc(Nc3ccccc3)n2)c1.O=C(NCCc1cnc[nH]1)c1cccc(-c2ccnc(Nc3ccccc3)n2)c1.O=C(NCc1cc(F)ccc1F)c1cccc(-c2ccnc(Nc3ccccc3)n2)c1.O=C(c1ccc(-c2ccnc(Nc3ccccc3)n2)cc1)N1CCCCC1. The van der Waals surface area contributed by atoms with Crippen molar-refractivity contribution in [1.82, 2.24) is 70.7 Å². The lowest BCUT2D eigenvalue weighted by Crippen LogP contribution is -2.35. The number of rotatable bonds is 23. The molecule has 2 aliphatic heterocycles. The first-order valence-corrected chi connectivity index (χ1v) is 37.6. The van der Waals surface area contributed by atoms with E-state index >= 15 is 0 Å². The number of nitrogens with one attached hydrogen (secondary N) is 8. The number of likely N-dealkylation sites (tertiary alicyclic amines) is 1. The zero-order valence-electron chi connectivity index (χ0n) is 62.6. The molecule has 8 N–H and O–H groups in total. The van der Waals surface area contributed by atoms with E-state index < -0.39 is 17.5 Å². The van der Waals surface area contributed by atoms with Gasteiger partial charge >= 0.3 is 0 Å².